The van der Waals surface area contributed by atoms with E-state index < -0.39 is 29.6 Å². The van der Waals surface area contributed by atoms with Crippen molar-refractivity contribution < 1.29 is 33.0 Å². The Bertz CT molecular complexity index is 920. The predicted octanol–water partition coefficient (Wildman–Crippen LogP) is 3.95. The van der Waals surface area contributed by atoms with E-state index in [-0.39, 0.29) is 29.1 Å². The number of likely N-dealkylation sites (tertiary alicyclic amines) is 1. The maximum Gasteiger partial charge on any atom is 0.416 e. The molecule has 3 rings (SSSR count). The number of likely N-dealkylation sites (N-methyl/N-ethyl adjacent to an activating group) is 1. The van der Waals surface area contributed by atoms with Gasteiger partial charge in [0.1, 0.15) is 0 Å². The number of hydrogen-bond acceptors (Lipinski definition) is 4. The smallest absolute Gasteiger partial charge is 0.416 e. The molecule has 0 spiro atoms. The Kier molecular flexibility index (Phi) is 7.44. The van der Waals surface area contributed by atoms with Crippen molar-refractivity contribution in [3.05, 3.63) is 57.9 Å². The fourth-order valence-corrected chi connectivity index (χ4v) is 4.15. The van der Waals surface area contributed by atoms with E-state index in [1.807, 2.05) is 0 Å². The molecule has 31 heavy (non-hydrogen) atoms. The molecule has 1 unspecified atom stereocenters. The highest BCUT2D eigenvalue weighted by atomic mass is 35.5. The summed E-state index contributed by atoms with van der Waals surface area (Å²) >= 11 is 0. The van der Waals surface area contributed by atoms with E-state index in [0.717, 1.165) is 50.2 Å². The summed E-state index contributed by atoms with van der Waals surface area (Å²) in [5.74, 6) is -3.76. The summed E-state index contributed by atoms with van der Waals surface area (Å²) in [6, 6.07) is 4.01. The molecule has 2 heterocycles. The number of rotatable bonds is 5. The van der Waals surface area contributed by atoms with Crippen molar-refractivity contribution in [3.8, 4) is 0 Å². The van der Waals surface area contributed by atoms with Gasteiger partial charge < -0.3 is 15.1 Å². The molecule has 0 amide bonds. The number of allylic oxidation sites excluding steroid dienone is 1. The second kappa shape index (κ2) is 9.32. The monoisotopic (exact) mass is 460 g/mol. The molecule has 0 radical (unpaired) electrons. The molecule has 1 aromatic rings. The summed E-state index contributed by atoms with van der Waals surface area (Å²) in [4.78, 5) is 28.0. The second-order valence-corrected chi connectivity index (χ2v) is 7.56. The first-order chi connectivity index (χ1) is 14.0. The van der Waals surface area contributed by atoms with Crippen LogP contribution in [0.15, 0.2) is 46.8 Å². The van der Waals surface area contributed by atoms with Crippen molar-refractivity contribution in [2.45, 2.75) is 31.9 Å². The fourth-order valence-electron chi connectivity index (χ4n) is 4.15. The summed E-state index contributed by atoms with van der Waals surface area (Å²) in [5, 5.41) is 19.8. The third kappa shape index (κ3) is 4.88. The van der Waals surface area contributed by atoms with Crippen LogP contribution in [0.3, 0.4) is 0 Å². The van der Waals surface area contributed by atoms with Gasteiger partial charge in [-0.1, -0.05) is 12.1 Å². The van der Waals surface area contributed by atoms with Gasteiger partial charge in [-0.3, -0.25) is 4.90 Å². The van der Waals surface area contributed by atoms with Gasteiger partial charge in [-0.2, -0.15) is 13.2 Å². The molecule has 0 saturated carbocycles. The average Bonchev–Trinajstić information content (AvgIpc) is 3.17. The van der Waals surface area contributed by atoms with E-state index in [1.165, 1.54) is 0 Å². The summed E-state index contributed by atoms with van der Waals surface area (Å²) < 4.78 is 38.9. The van der Waals surface area contributed by atoms with Gasteiger partial charge in [-0.25, -0.2) is 9.59 Å². The van der Waals surface area contributed by atoms with Crippen LogP contribution in [0.4, 0.5) is 13.2 Å². The minimum Gasteiger partial charge on any atom is -0.478 e. The number of hydrogen-bond donors (Lipinski definition) is 2. The van der Waals surface area contributed by atoms with E-state index in [2.05, 4.69) is 4.90 Å². The number of alkyl halides is 3. The molecular weight excluding hydrogens is 437 g/mol. The van der Waals surface area contributed by atoms with Crippen LogP contribution in [0.5, 0.6) is 0 Å². The zero-order chi connectivity index (χ0) is 22.2. The minimum atomic E-state index is -4.54. The van der Waals surface area contributed by atoms with Gasteiger partial charge in [0.25, 0.3) is 0 Å². The quantitative estimate of drug-likeness (QED) is 0.692. The number of carbonyl (C=O) groups is 2. The lowest BCUT2D eigenvalue weighted by Crippen LogP contribution is -2.38. The van der Waals surface area contributed by atoms with Gasteiger partial charge in [0.2, 0.25) is 0 Å². The lowest BCUT2D eigenvalue weighted by Gasteiger charge is -2.37. The molecule has 1 saturated heterocycles. The standard InChI is InChI=1S/C21H23F3N2O4.ClH/c1-12-16(19(27)28)17(13-5-7-14(8-6-13)21(22,23)24)18(20(29)30)15(25(12)2)11-26-9-3-4-10-26;/h5-8,17H,3-4,9-11H2,1-2H3,(H,27,28)(H,29,30);1H. The van der Waals surface area contributed by atoms with Crippen molar-refractivity contribution in [2.75, 3.05) is 26.7 Å². The lowest BCUT2D eigenvalue weighted by atomic mass is 9.79. The molecule has 1 atom stereocenters. The average molecular weight is 461 g/mol. The molecular formula is C21H24ClF3N2O4. The highest BCUT2D eigenvalue weighted by Gasteiger charge is 2.40. The third-order valence-electron chi connectivity index (χ3n) is 5.79. The Balaban J connectivity index is 0.00000341. The lowest BCUT2D eigenvalue weighted by molar-refractivity contribution is -0.138. The third-order valence-corrected chi connectivity index (χ3v) is 5.79. The van der Waals surface area contributed by atoms with Crippen LogP contribution in [0.1, 0.15) is 36.8 Å². The van der Waals surface area contributed by atoms with Crippen LogP contribution in [0.25, 0.3) is 0 Å². The Hall–Kier alpha value is -2.52. The van der Waals surface area contributed by atoms with Crippen LogP contribution in [0, 0.1) is 0 Å². The molecule has 0 aromatic heterocycles. The van der Waals surface area contributed by atoms with Gasteiger partial charge >= 0.3 is 18.1 Å². The van der Waals surface area contributed by atoms with E-state index in [9.17, 15) is 33.0 Å². The van der Waals surface area contributed by atoms with Gasteiger partial charge in [-0.05, 0) is 50.6 Å². The summed E-state index contributed by atoms with van der Waals surface area (Å²) in [7, 11) is 1.62. The fraction of sp³-hybridized carbons (Fsp3) is 0.429. The molecule has 0 bridgehead atoms. The van der Waals surface area contributed by atoms with Crippen molar-refractivity contribution in [2.24, 2.45) is 0 Å². The first-order valence-corrected chi connectivity index (χ1v) is 9.56. The van der Waals surface area contributed by atoms with Gasteiger partial charge in [0.15, 0.2) is 0 Å². The number of carboxylic acids is 2. The second-order valence-electron chi connectivity index (χ2n) is 7.56. The zero-order valence-electron chi connectivity index (χ0n) is 17.1. The number of benzene rings is 1. The van der Waals surface area contributed by atoms with Crippen molar-refractivity contribution >= 4 is 24.3 Å². The first-order valence-electron chi connectivity index (χ1n) is 9.56. The predicted molar refractivity (Wildman–Crippen MR) is 110 cm³/mol. The Morgan fingerprint density at radius 2 is 1.55 bits per heavy atom. The number of nitrogens with zero attached hydrogens (tertiary/aromatic N) is 2. The summed E-state index contributed by atoms with van der Waals surface area (Å²) in [6.45, 7) is 3.54. The maximum absolute atomic E-state index is 13.0. The van der Waals surface area contributed by atoms with Gasteiger partial charge in [0.05, 0.1) is 22.6 Å². The van der Waals surface area contributed by atoms with Crippen LogP contribution >= 0.6 is 12.4 Å². The van der Waals surface area contributed by atoms with Crippen molar-refractivity contribution in [1.29, 1.82) is 0 Å². The Morgan fingerprint density at radius 1 is 1.03 bits per heavy atom. The molecule has 2 N–H and O–H groups in total. The molecule has 6 nitrogen and oxygen atoms in total. The molecule has 1 aromatic carbocycles. The van der Waals surface area contributed by atoms with Crippen molar-refractivity contribution in [3.63, 3.8) is 0 Å². The Morgan fingerprint density at radius 3 is 2.00 bits per heavy atom. The van der Waals surface area contributed by atoms with Crippen molar-refractivity contribution in [1.82, 2.24) is 9.80 Å². The number of halogens is 4. The molecule has 0 aliphatic carbocycles. The van der Waals surface area contributed by atoms with Crippen LogP contribution in [-0.4, -0.2) is 58.6 Å². The van der Waals surface area contributed by atoms with Crippen LogP contribution in [0.2, 0.25) is 0 Å². The summed E-state index contributed by atoms with van der Waals surface area (Å²) in [6.07, 6.45) is -2.55. The molecule has 2 aliphatic heterocycles. The number of carboxylic acid groups (broad SMARTS) is 2. The highest BCUT2D eigenvalue weighted by Crippen LogP contribution is 2.42. The van der Waals surface area contributed by atoms with E-state index in [0.29, 0.717) is 17.9 Å². The highest BCUT2D eigenvalue weighted by molar-refractivity contribution is 5.98. The SMILES string of the molecule is CC1=C(C(=O)O)C(c2ccc(C(F)(F)F)cc2)C(C(=O)O)=C(CN2CCCC2)N1C.Cl. The molecule has 1 fully saturated rings. The summed E-state index contributed by atoms with van der Waals surface area (Å²) in [5.41, 5.74) is -0.130. The van der Waals surface area contributed by atoms with Crippen LogP contribution in [-0.2, 0) is 15.8 Å². The van der Waals surface area contributed by atoms with Gasteiger partial charge in [0, 0.05) is 25.0 Å². The van der Waals surface area contributed by atoms with E-state index >= 15 is 0 Å². The Labute approximate surface area is 184 Å². The first kappa shape index (κ1) is 24.7. The minimum absolute atomic E-state index is 0. The van der Waals surface area contributed by atoms with Crippen LogP contribution < -0.4 is 0 Å². The van der Waals surface area contributed by atoms with Gasteiger partial charge in [-0.15, -0.1) is 12.4 Å². The van der Waals surface area contributed by atoms with E-state index in [4.69, 9.17) is 0 Å². The number of aliphatic carboxylic acids is 2. The van der Waals surface area contributed by atoms with E-state index in [1.54, 1.807) is 18.9 Å². The zero-order valence-corrected chi connectivity index (χ0v) is 17.9. The topological polar surface area (TPSA) is 81.1 Å². The largest absolute Gasteiger partial charge is 0.478 e. The molecule has 2 aliphatic rings. The molecule has 170 valence electrons. The normalized spacial score (nSPS) is 20.2. The molecule has 10 heteroatoms. The maximum atomic E-state index is 13.0.